The van der Waals surface area contributed by atoms with Crippen LogP contribution in [0.5, 0.6) is 5.88 Å². The second kappa shape index (κ2) is 7.47. The van der Waals surface area contributed by atoms with Crippen LogP contribution in [0.15, 0.2) is 17.0 Å². The Labute approximate surface area is 182 Å². The number of sulfonamides is 1. The molecular formula is C22H28N4O4S. The fourth-order valence-corrected chi connectivity index (χ4v) is 6.16. The van der Waals surface area contributed by atoms with Crippen molar-refractivity contribution in [3.05, 3.63) is 34.4 Å². The van der Waals surface area contributed by atoms with Gasteiger partial charge in [-0.15, -0.1) is 0 Å². The third kappa shape index (κ3) is 3.44. The van der Waals surface area contributed by atoms with Crippen LogP contribution in [-0.2, 0) is 42.3 Å². The Morgan fingerprint density at radius 1 is 1.03 bits per heavy atom. The van der Waals surface area contributed by atoms with Crippen molar-refractivity contribution in [2.24, 2.45) is 0 Å². The van der Waals surface area contributed by atoms with Crippen molar-refractivity contribution in [2.45, 2.75) is 56.4 Å². The molecule has 1 aromatic heterocycles. The largest absolute Gasteiger partial charge is 0.478 e. The highest BCUT2D eigenvalue weighted by Gasteiger charge is 2.31. The van der Waals surface area contributed by atoms with Gasteiger partial charge in [-0.2, -0.15) is 0 Å². The molecule has 166 valence electrons. The molecule has 9 heteroatoms. The maximum atomic E-state index is 13.1. The summed E-state index contributed by atoms with van der Waals surface area (Å²) in [5.41, 5.74) is 5.70. The number of nitrogens with one attached hydrogen (secondary N) is 2. The Balaban J connectivity index is 1.44. The number of fused-ring (bicyclic) bond motifs is 3. The van der Waals surface area contributed by atoms with Gasteiger partial charge in [0.2, 0.25) is 5.88 Å². The molecule has 0 saturated heterocycles. The second-order valence-corrected chi connectivity index (χ2v) is 10.4. The summed E-state index contributed by atoms with van der Waals surface area (Å²) >= 11 is 0. The van der Waals surface area contributed by atoms with E-state index in [-0.39, 0.29) is 10.8 Å². The van der Waals surface area contributed by atoms with E-state index in [1.807, 2.05) is 23.6 Å². The molecule has 2 aliphatic carbocycles. The second-order valence-electron chi connectivity index (χ2n) is 8.71. The van der Waals surface area contributed by atoms with Crippen LogP contribution < -0.4 is 19.7 Å². The highest BCUT2D eigenvalue weighted by atomic mass is 32.2. The summed E-state index contributed by atoms with van der Waals surface area (Å²) < 4.78 is 36.0. The monoisotopic (exact) mass is 444 g/mol. The average molecular weight is 445 g/mol. The highest BCUT2D eigenvalue weighted by molar-refractivity contribution is 7.90. The maximum absolute atomic E-state index is 13.1. The van der Waals surface area contributed by atoms with Crippen LogP contribution in [0.3, 0.4) is 0 Å². The first-order valence-corrected chi connectivity index (χ1v) is 12.4. The molecule has 5 rings (SSSR count). The number of rotatable bonds is 4. The molecule has 0 fully saturated rings. The van der Waals surface area contributed by atoms with Gasteiger partial charge in [-0.3, -0.25) is 4.57 Å². The number of carbonyl (C=O) groups excluding carboxylic acids is 1. The van der Waals surface area contributed by atoms with Gasteiger partial charge >= 0.3 is 6.03 Å². The Bertz CT molecular complexity index is 1130. The summed E-state index contributed by atoms with van der Waals surface area (Å²) in [6.45, 7) is 1.13. The van der Waals surface area contributed by atoms with E-state index in [4.69, 9.17) is 4.74 Å². The third-order valence-electron chi connectivity index (χ3n) is 6.44. The fraction of sp³-hybridized carbons (Fsp3) is 0.500. The lowest BCUT2D eigenvalue weighted by Gasteiger charge is -2.22. The van der Waals surface area contributed by atoms with Gasteiger partial charge in [-0.05, 0) is 67.2 Å². The smallest absolute Gasteiger partial charge is 0.333 e. The molecule has 0 radical (unpaired) electrons. The van der Waals surface area contributed by atoms with E-state index in [1.165, 1.54) is 11.1 Å². The van der Waals surface area contributed by atoms with Gasteiger partial charge in [0.05, 0.1) is 6.61 Å². The number of anilines is 2. The third-order valence-corrected chi connectivity index (χ3v) is 7.77. The molecule has 1 aliphatic heterocycles. The van der Waals surface area contributed by atoms with Gasteiger partial charge in [0.1, 0.15) is 5.82 Å². The van der Waals surface area contributed by atoms with Crippen LogP contribution in [0.4, 0.5) is 16.3 Å². The van der Waals surface area contributed by atoms with Crippen molar-refractivity contribution < 1.29 is 17.9 Å². The molecule has 0 unspecified atom stereocenters. The van der Waals surface area contributed by atoms with Crippen LogP contribution in [0.1, 0.15) is 41.5 Å². The Hall–Kier alpha value is -2.68. The number of hydrogen-bond donors (Lipinski definition) is 2. The normalized spacial score (nSPS) is 16.8. The van der Waals surface area contributed by atoms with Gasteiger partial charge in [0, 0.05) is 32.4 Å². The van der Waals surface area contributed by atoms with Crippen LogP contribution in [0.25, 0.3) is 0 Å². The van der Waals surface area contributed by atoms with Crippen LogP contribution >= 0.6 is 0 Å². The minimum Gasteiger partial charge on any atom is -0.478 e. The molecule has 2 aromatic rings. The fourth-order valence-electron chi connectivity index (χ4n) is 5.10. The zero-order chi connectivity index (χ0) is 21.8. The molecule has 2 amide bonds. The topological polar surface area (TPSA) is 92.7 Å². The first-order chi connectivity index (χ1) is 14.8. The molecule has 8 nitrogen and oxygen atoms in total. The highest BCUT2D eigenvalue weighted by Crippen LogP contribution is 2.39. The predicted molar refractivity (Wildman–Crippen MR) is 119 cm³/mol. The number of benzene rings is 1. The molecule has 2 heterocycles. The van der Waals surface area contributed by atoms with Crippen LogP contribution in [-0.4, -0.2) is 39.7 Å². The van der Waals surface area contributed by atoms with Crippen LogP contribution in [0.2, 0.25) is 0 Å². The number of aryl methyl sites for hydroxylation is 2. The van der Waals surface area contributed by atoms with E-state index in [0.717, 1.165) is 67.6 Å². The number of amides is 2. The molecule has 0 saturated carbocycles. The van der Waals surface area contributed by atoms with Crippen molar-refractivity contribution in [2.75, 3.05) is 30.9 Å². The molecule has 0 bridgehead atoms. The molecule has 3 aliphatic rings. The molecule has 1 aromatic carbocycles. The number of aromatic nitrogens is 1. The summed E-state index contributed by atoms with van der Waals surface area (Å²) in [5.74, 6) is 1.02. The predicted octanol–water partition coefficient (Wildman–Crippen LogP) is 2.82. The minimum absolute atomic E-state index is 0.00503. The van der Waals surface area contributed by atoms with E-state index in [0.29, 0.717) is 13.2 Å². The number of hydrogen-bond acceptors (Lipinski definition) is 5. The lowest BCUT2D eigenvalue weighted by atomic mass is 9.99. The number of carbonyl (C=O) groups is 1. The van der Waals surface area contributed by atoms with Crippen molar-refractivity contribution in [3.8, 4) is 5.88 Å². The molecular weight excluding hydrogens is 416 g/mol. The van der Waals surface area contributed by atoms with Gasteiger partial charge < -0.3 is 15.0 Å². The summed E-state index contributed by atoms with van der Waals surface area (Å²) in [4.78, 5) is 14.7. The van der Waals surface area contributed by atoms with Crippen molar-refractivity contribution >= 4 is 27.6 Å². The lowest BCUT2D eigenvalue weighted by molar-refractivity contribution is 0.235. The molecule has 2 N–H and O–H groups in total. The molecule has 0 atom stereocenters. The summed E-state index contributed by atoms with van der Waals surface area (Å²) in [6.07, 6.45) is 6.79. The first-order valence-electron chi connectivity index (χ1n) is 10.9. The quantitative estimate of drug-likeness (QED) is 0.757. The van der Waals surface area contributed by atoms with Crippen molar-refractivity contribution in [3.63, 3.8) is 0 Å². The van der Waals surface area contributed by atoms with E-state index >= 15 is 0 Å². The van der Waals surface area contributed by atoms with Crippen molar-refractivity contribution in [1.29, 1.82) is 0 Å². The number of ether oxygens (including phenoxy) is 1. The van der Waals surface area contributed by atoms with Gasteiger partial charge in [-0.1, -0.05) is 6.07 Å². The van der Waals surface area contributed by atoms with Gasteiger partial charge in [-0.25, -0.2) is 17.9 Å². The van der Waals surface area contributed by atoms with Gasteiger partial charge in [0.25, 0.3) is 10.0 Å². The van der Waals surface area contributed by atoms with E-state index < -0.39 is 16.1 Å². The minimum atomic E-state index is -4.10. The maximum Gasteiger partial charge on any atom is 0.333 e. The first kappa shape index (κ1) is 20.2. The van der Waals surface area contributed by atoms with Crippen LogP contribution in [0, 0.1) is 0 Å². The summed E-state index contributed by atoms with van der Waals surface area (Å²) in [7, 11) is -0.393. The standard InChI is InChI=1S/C22H28N4O4S/c1-25(2)19-13-18(21-26(19)10-5-11-30-21)31(28,29)24-22(27)23-20-16-8-3-6-14(16)12-15-7-4-9-17(15)20/h12-13H,3-11H2,1-2H3,(H2,23,24,27). The Morgan fingerprint density at radius 3 is 2.35 bits per heavy atom. The Morgan fingerprint density at radius 2 is 1.71 bits per heavy atom. The summed E-state index contributed by atoms with van der Waals surface area (Å²) in [6, 6.07) is 3.11. The van der Waals surface area contributed by atoms with E-state index in [1.54, 1.807) is 6.07 Å². The Kier molecular flexibility index (Phi) is 4.88. The summed E-state index contributed by atoms with van der Waals surface area (Å²) in [5, 5.41) is 2.89. The molecule has 31 heavy (non-hydrogen) atoms. The van der Waals surface area contributed by atoms with Gasteiger partial charge in [0.15, 0.2) is 4.90 Å². The lowest BCUT2D eigenvalue weighted by Crippen LogP contribution is -2.35. The SMILES string of the molecule is CN(C)c1cc(S(=O)(=O)NC(=O)Nc2c3c(cc4c2CCC4)CCC3)c2n1CCCO2. The van der Waals surface area contributed by atoms with E-state index in [2.05, 4.69) is 16.1 Å². The number of urea groups is 1. The van der Waals surface area contributed by atoms with Crippen molar-refractivity contribution in [1.82, 2.24) is 9.29 Å². The zero-order valence-corrected chi connectivity index (χ0v) is 18.8. The number of nitrogens with zero attached hydrogens (tertiary/aromatic N) is 2. The van der Waals surface area contributed by atoms with E-state index in [9.17, 15) is 13.2 Å². The molecule has 0 spiro atoms. The zero-order valence-electron chi connectivity index (χ0n) is 18.0. The average Bonchev–Trinajstić information content (AvgIpc) is 3.45.